The van der Waals surface area contributed by atoms with Crippen molar-refractivity contribution >= 4 is 11.5 Å². The lowest BCUT2D eigenvalue weighted by Crippen LogP contribution is -2.05. The standard InChI is InChI=1S/C11H14N2O/c1-8(12-3)10-6-5-7-11(13-10)9(2)14-4/h5-7,12H,1-2H2,3-4H3. The normalized spacial score (nSPS) is 9.29. The second-order valence-electron chi connectivity index (χ2n) is 2.76. The van der Waals surface area contributed by atoms with Gasteiger partial charge in [0.05, 0.1) is 18.5 Å². The number of ether oxygens (including phenoxy) is 1. The second kappa shape index (κ2) is 4.46. The summed E-state index contributed by atoms with van der Waals surface area (Å²) < 4.78 is 5.00. The first-order valence-electron chi connectivity index (χ1n) is 4.26. The molecule has 3 nitrogen and oxygen atoms in total. The van der Waals surface area contributed by atoms with E-state index >= 15 is 0 Å². The molecule has 0 unspecified atom stereocenters. The Bertz CT molecular complexity index is 327. The van der Waals surface area contributed by atoms with Crippen LogP contribution in [0.25, 0.3) is 11.5 Å². The molecule has 0 amide bonds. The van der Waals surface area contributed by atoms with E-state index in [1.165, 1.54) is 0 Å². The van der Waals surface area contributed by atoms with E-state index in [1.807, 2.05) is 25.2 Å². The third kappa shape index (κ3) is 2.13. The summed E-state index contributed by atoms with van der Waals surface area (Å²) in [7, 11) is 3.38. The van der Waals surface area contributed by atoms with Crippen LogP contribution in [0.3, 0.4) is 0 Å². The van der Waals surface area contributed by atoms with Crippen LogP contribution >= 0.6 is 0 Å². The minimum Gasteiger partial charge on any atom is -0.495 e. The highest BCUT2D eigenvalue weighted by atomic mass is 16.5. The van der Waals surface area contributed by atoms with Crippen molar-refractivity contribution in [2.24, 2.45) is 0 Å². The molecule has 1 aromatic heterocycles. The number of aromatic nitrogens is 1. The van der Waals surface area contributed by atoms with E-state index in [9.17, 15) is 0 Å². The minimum atomic E-state index is 0.552. The summed E-state index contributed by atoms with van der Waals surface area (Å²) in [5, 5.41) is 2.94. The fourth-order valence-corrected chi connectivity index (χ4v) is 0.991. The Morgan fingerprint density at radius 2 is 2.00 bits per heavy atom. The molecule has 1 aromatic rings. The molecule has 0 aromatic carbocycles. The van der Waals surface area contributed by atoms with Crippen LogP contribution < -0.4 is 5.32 Å². The van der Waals surface area contributed by atoms with Crippen LogP contribution in [0.4, 0.5) is 0 Å². The van der Waals surface area contributed by atoms with Crippen LogP contribution in [-0.4, -0.2) is 19.1 Å². The van der Waals surface area contributed by atoms with Gasteiger partial charge in [0.15, 0.2) is 0 Å². The highest BCUT2D eigenvalue weighted by Gasteiger charge is 2.02. The number of nitrogens with zero attached hydrogens (tertiary/aromatic N) is 1. The Morgan fingerprint density at radius 3 is 2.57 bits per heavy atom. The van der Waals surface area contributed by atoms with Crippen LogP contribution in [0.15, 0.2) is 31.4 Å². The maximum Gasteiger partial charge on any atom is 0.137 e. The summed E-state index contributed by atoms with van der Waals surface area (Å²) in [6.45, 7) is 7.56. The van der Waals surface area contributed by atoms with Crippen molar-refractivity contribution < 1.29 is 4.74 Å². The SMILES string of the molecule is C=C(NC)c1cccc(C(=C)OC)n1. The third-order valence-corrected chi connectivity index (χ3v) is 1.89. The van der Waals surface area contributed by atoms with Crippen molar-refractivity contribution in [1.82, 2.24) is 10.3 Å². The molecule has 0 atom stereocenters. The number of rotatable bonds is 4. The fraction of sp³-hybridized carbons (Fsp3) is 0.182. The lowest BCUT2D eigenvalue weighted by atomic mass is 10.2. The van der Waals surface area contributed by atoms with Crippen LogP contribution in [-0.2, 0) is 4.74 Å². The fourth-order valence-electron chi connectivity index (χ4n) is 0.991. The lowest BCUT2D eigenvalue weighted by molar-refractivity contribution is 0.369. The molecule has 1 N–H and O–H groups in total. The van der Waals surface area contributed by atoms with Gasteiger partial charge in [-0.1, -0.05) is 19.2 Å². The van der Waals surface area contributed by atoms with Gasteiger partial charge in [-0.25, -0.2) is 4.98 Å². The molecule has 0 aliphatic heterocycles. The molecule has 1 heterocycles. The molecule has 3 heteroatoms. The summed E-state index contributed by atoms with van der Waals surface area (Å²) in [5.41, 5.74) is 2.29. The average Bonchev–Trinajstić information content (AvgIpc) is 2.27. The molecule has 0 saturated carbocycles. The Kier molecular flexibility index (Phi) is 3.29. The van der Waals surface area contributed by atoms with E-state index in [0.717, 1.165) is 17.1 Å². The zero-order chi connectivity index (χ0) is 10.6. The van der Waals surface area contributed by atoms with E-state index in [0.29, 0.717) is 5.76 Å². The van der Waals surface area contributed by atoms with Gasteiger partial charge in [0, 0.05) is 7.05 Å². The number of methoxy groups -OCH3 is 1. The van der Waals surface area contributed by atoms with Crippen molar-refractivity contribution in [3.8, 4) is 0 Å². The van der Waals surface area contributed by atoms with Crippen LogP contribution in [0, 0.1) is 0 Å². The Balaban J connectivity index is 3.01. The van der Waals surface area contributed by atoms with Gasteiger partial charge in [-0.15, -0.1) is 0 Å². The van der Waals surface area contributed by atoms with E-state index in [-0.39, 0.29) is 0 Å². The Labute approximate surface area is 84.1 Å². The van der Waals surface area contributed by atoms with Gasteiger partial charge in [0.25, 0.3) is 0 Å². The number of nitrogens with one attached hydrogen (secondary N) is 1. The van der Waals surface area contributed by atoms with E-state index in [1.54, 1.807) is 7.11 Å². The molecule has 0 spiro atoms. The third-order valence-electron chi connectivity index (χ3n) is 1.89. The lowest BCUT2D eigenvalue weighted by Gasteiger charge is -2.07. The second-order valence-corrected chi connectivity index (χ2v) is 2.76. The van der Waals surface area contributed by atoms with E-state index < -0.39 is 0 Å². The molecule has 0 saturated heterocycles. The van der Waals surface area contributed by atoms with Crippen molar-refractivity contribution in [3.05, 3.63) is 42.7 Å². The quantitative estimate of drug-likeness (QED) is 0.736. The first kappa shape index (κ1) is 10.3. The van der Waals surface area contributed by atoms with Crippen LogP contribution in [0.2, 0.25) is 0 Å². The van der Waals surface area contributed by atoms with Gasteiger partial charge in [-0.2, -0.15) is 0 Å². The zero-order valence-corrected chi connectivity index (χ0v) is 8.50. The molecule has 0 bridgehead atoms. The van der Waals surface area contributed by atoms with Crippen LogP contribution in [0.1, 0.15) is 11.4 Å². The van der Waals surface area contributed by atoms with E-state index in [4.69, 9.17) is 4.74 Å². The molecular formula is C11H14N2O. The summed E-state index contributed by atoms with van der Waals surface area (Å²) in [6, 6.07) is 5.62. The number of hydrogen-bond donors (Lipinski definition) is 1. The number of pyridine rings is 1. The molecular weight excluding hydrogens is 176 g/mol. The molecule has 1 rings (SSSR count). The molecule has 14 heavy (non-hydrogen) atoms. The maximum atomic E-state index is 5.00. The smallest absolute Gasteiger partial charge is 0.137 e. The largest absolute Gasteiger partial charge is 0.495 e. The number of hydrogen-bond acceptors (Lipinski definition) is 3. The van der Waals surface area contributed by atoms with Crippen molar-refractivity contribution in [3.63, 3.8) is 0 Å². The molecule has 74 valence electrons. The first-order chi connectivity index (χ1) is 6.69. The van der Waals surface area contributed by atoms with Gasteiger partial charge in [-0.05, 0) is 12.1 Å². The minimum absolute atomic E-state index is 0.552. The molecule has 0 aliphatic carbocycles. The Hall–Kier alpha value is -1.77. The van der Waals surface area contributed by atoms with Crippen LogP contribution in [0.5, 0.6) is 0 Å². The highest BCUT2D eigenvalue weighted by molar-refractivity contribution is 5.61. The van der Waals surface area contributed by atoms with Crippen molar-refractivity contribution in [2.75, 3.05) is 14.2 Å². The first-order valence-corrected chi connectivity index (χ1v) is 4.26. The molecule has 0 radical (unpaired) electrons. The van der Waals surface area contributed by atoms with Crippen molar-refractivity contribution in [1.29, 1.82) is 0 Å². The summed E-state index contributed by atoms with van der Waals surface area (Å²) >= 11 is 0. The summed E-state index contributed by atoms with van der Waals surface area (Å²) in [5.74, 6) is 0.552. The predicted molar refractivity (Wildman–Crippen MR) is 58.4 cm³/mol. The molecule has 0 fully saturated rings. The zero-order valence-electron chi connectivity index (χ0n) is 8.50. The summed E-state index contributed by atoms with van der Waals surface area (Å²) in [4.78, 5) is 4.33. The predicted octanol–water partition coefficient (Wildman–Crippen LogP) is 1.89. The van der Waals surface area contributed by atoms with Crippen molar-refractivity contribution in [2.45, 2.75) is 0 Å². The van der Waals surface area contributed by atoms with Gasteiger partial charge in [-0.3, -0.25) is 0 Å². The molecule has 0 aliphatic rings. The van der Waals surface area contributed by atoms with Gasteiger partial charge >= 0.3 is 0 Å². The van der Waals surface area contributed by atoms with Gasteiger partial charge in [0.2, 0.25) is 0 Å². The van der Waals surface area contributed by atoms with E-state index in [2.05, 4.69) is 23.5 Å². The maximum absolute atomic E-state index is 5.00. The summed E-state index contributed by atoms with van der Waals surface area (Å²) in [6.07, 6.45) is 0. The topological polar surface area (TPSA) is 34.1 Å². The monoisotopic (exact) mass is 190 g/mol. The average molecular weight is 190 g/mol. The highest BCUT2D eigenvalue weighted by Crippen LogP contribution is 2.13. The van der Waals surface area contributed by atoms with Gasteiger partial charge < -0.3 is 10.1 Å². The van der Waals surface area contributed by atoms with Gasteiger partial charge in [0.1, 0.15) is 11.5 Å². The Morgan fingerprint density at radius 1 is 1.36 bits per heavy atom.